The van der Waals surface area contributed by atoms with Crippen LogP contribution in [0.2, 0.25) is 0 Å². The average Bonchev–Trinajstić information content (AvgIpc) is 2.35. The number of alkyl halides is 3. The summed E-state index contributed by atoms with van der Waals surface area (Å²) in [6, 6.07) is 6.12. The third-order valence-electron chi connectivity index (χ3n) is 2.51. The van der Waals surface area contributed by atoms with Crippen molar-refractivity contribution in [2.75, 3.05) is 6.54 Å². The van der Waals surface area contributed by atoms with Crippen LogP contribution in [0.15, 0.2) is 24.3 Å². The van der Waals surface area contributed by atoms with E-state index in [0.717, 1.165) is 5.56 Å². The topological polar surface area (TPSA) is 84.2 Å². The van der Waals surface area contributed by atoms with Crippen LogP contribution in [-0.2, 0) is 16.8 Å². The summed E-state index contributed by atoms with van der Waals surface area (Å²) in [5.41, 5.74) is 6.93. The first kappa shape index (κ1) is 16.9. The summed E-state index contributed by atoms with van der Waals surface area (Å²) in [4.78, 5) is 0. The van der Waals surface area contributed by atoms with Gasteiger partial charge in [-0.25, -0.2) is 0 Å². The van der Waals surface area contributed by atoms with Crippen molar-refractivity contribution < 1.29 is 21.6 Å². The Labute approximate surface area is 115 Å². The molecule has 0 saturated carbocycles. The van der Waals surface area contributed by atoms with Crippen LogP contribution < -0.4 is 15.2 Å². The molecule has 1 aromatic rings. The molecule has 1 atom stereocenters. The van der Waals surface area contributed by atoms with Crippen molar-refractivity contribution in [3.63, 3.8) is 0 Å². The van der Waals surface area contributed by atoms with E-state index in [1.54, 1.807) is 24.3 Å². The van der Waals surface area contributed by atoms with E-state index in [2.05, 4.69) is 4.72 Å². The van der Waals surface area contributed by atoms with Gasteiger partial charge in [0.2, 0.25) is 0 Å². The third kappa shape index (κ3) is 5.87. The Morgan fingerprint density at radius 1 is 1.25 bits per heavy atom. The van der Waals surface area contributed by atoms with E-state index >= 15 is 0 Å². The molecule has 0 aliphatic rings. The first-order valence-corrected chi connectivity index (χ1v) is 7.24. The van der Waals surface area contributed by atoms with Crippen molar-refractivity contribution in [2.45, 2.75) is 25.7 Å². The van der Waals surface area contributed by atoms with E-state index < -0.39 is 29.0 Å². The SMILES string of the molecule is CC(NS(=O)(=O)NCC(F)(F)F)c1ccc(CN)cc1. The highest BCUT2D eigenvalue weighted by molar-refractivity contribution is 7.87. The summed E-state index contributed by atoms with van der Waals surface area (Å²) in [6.45, 7) is 0.277. The van der Waals surface area contributed by atoms with Crippen LogP contribution in [-0.4, -0.2) is 21.1 Å². The molecule has 114 valence electrons. The number of hydrogen-bond acceptors (Lipinski definition) is 3. The van der Waals surface area contributed by atoms with Gasteiger partial charge >= 0.3 is 6.18 Å². The Morgan fingerprint density at radius 3 is 2.25 bits per heavy atom. The zero-order valence-electron chi connectivity index (χ0n) is 10.7. The van der Waals surface area contributed by atoms with Gasteiger partial charge in [0, 0.05) is 12.6 Å². The monoisotopic (exact) mass is 311 g/mol. The maximum Gasteiger partial charge on any atom is 0.402 e. The molecule has 0 aromatic heterocycles. The van der Waals surface area contributed by atoms with E-state index in [0.29, 0.717) is 12.1 Å². The molecule has 20 heavy (non-hydrogen) atoms. The van der Waals surface area contributed by atoms with E-state index in [1.807, 2.05) is 0 Å². The highest BCUT2D eigenvalue weighted by Gasteiger charge is 2.29. The zero-order chi connectivity index (χ0) is 15.4. The number of rotatable bonds is 6. The molecule has 0 saturated heterocycles. The predicted octanol–water partition coefficient (Wildman–Crippen LogP) is 1.19. The second kappa shape index (κ2) is 6.53. The van der Waals surface area contributed by atoms with Gasteiger partial charge in [0.05, 0.1) is 0 Å². The Morgan fingerprint density at radius 2 is 1.80 bits per heavy atom. The lowest BCUT2D eigenvalue weighted by molar-refractivity contribution is -0.121. The van der Waals surface area contributed by atoms with Gasteiger partial charge < -0.3 is 5.73 Å². The molecule has 0 aliphatic heterocycles. The van der Waals surface area contributed by atoms with Crippen LogP contribution in [0, 0.1) is 0 Å². The zero-order valence-corrected chi connectivity index (χ0v) is 11.6. The fourth-order valence-corrected chi connectivity index (χ4v) is 2.50. The Bertz CT molecular complexity index is 529. The largest absolute Gasteiger partial charge is 0.402 e. The van der Waals surface area contributed by atoms with Crippen LogP contribution in [0.3, 0.4) is 0 Å². The van der Waals surface area contributed by atoms with Crippen LogP contribution in [0.25, 0.3) is 0 Å². The quantitative estimate of drug-likeness (QED) is 0.738. The molecule has 0 radical (unpaired) electrons. The summed E-state index contributed by atoms with van der Waals surface area (Å²) in [6.07, 6.45) is -4.60. The van der Waals surface area contributed by atoms with Gasteiger partial charge in [0.25, 0.3) is 10.2 Å². The van der Waals surface area contributed by atoms with Crippen LogP contribution >= 0.6 is 0 Å². The summed E-state index contributed by atoms with van der Waals surface area (Å²) < 4.78 is 62.3. The standard InChI is InChI=1S/C11H16F3N3O2S/c1-8(10-4-2-9(6-15)3-5-10)17-20(18,19)16-7-11(12,13)14/h2-5,8,16-17H,6-7,15H2,1H3. The number of nitrogens with one attached hydrogen (secondary N) is 2. The van der Waals surface area contributed by atoms with Gasteiger partial charge in [-0.15, -0.1) is 0 Å². The minimum Gasteiger partial charge on any atom is -0.326 e. The molecule has 1 rings (SSSR count). The molecule has 1 unspecified atom stereocenters. The van der Waals surface area contributed by atoms with Crippen LogP contribution in [0.5, 0.6) is 0 Å². The lowest BCUT2D eigenvalue weighted by atomic mass is 10.1. The van der Waals surface area contributed by atoms with E-state index in [4.69, 9.17) is 5.73 Å². The third-order valence-corrected chi connectivity index (χ3v) is 3.70. The van der Waals surface area contributed by atoms with Crippen LogP contribution in [0.4, 0.5) is 13.2 Å². The minimum atomic E-state index is -4.60. The molecule has 0 fully saturated rings. The van der Waals surface area contributed by atoms with Crippen molar-refractivity contribution in [1.29, 1.82) is 0 Å². The van der Waals surface area contributed by atoms with Crippen molar-refractivity contribution >= 4 is 10.2 Å². The molecule has 0 spiro atoms. The Hall–Kier alpha value is -1.16. The average molecular weight is 311 g/mol. The smallest absolute Gasteiger partial charge is 0.326 e. The van der Waals surface area contributed by atoms with Gasteiger partial charge in [-0.1, -0.05) is 24.3 Å². The van der Waals surface area contributed by atoms with Gasteiger partial charge in [-0.2, -0.15) is 31.0 Å². The number of hydrogen-bond donors (Lipinski definition) is 3. The molecular formula is C11H16F3N3O2S. The first-order chi connectivity index (χ1) is 9.13. The summed E-state index contributed by atoms with van der Waals surface area (Å²) in [5.74, 6) is 0. The molecule has 5 nitrogen and oxygen atoms in total. The lowest BCUT2D eigenvalue weighted by Gasteiger charge is -2.16. The molecule has 0 bridgehead atoms. The summed E-state index contributed by atoms with van der Waals surface area (Å²) in [7, 11) is -4.22. The fraction of sp³-hybridized carbons (Fsp3) is 0.455. The molecule has 1 aromatic carbocycles. The van der Waals surface area contributed by atoms with Gasteiger partial charge in [-0.05, 0) is 18.1 Å². The van der Waals surface area contributed by atoms with Crippen molar-refractivity contribution in [3.8, 4) is 0 Å². The fourth-order valence-electron chi connectivity index (χ4n) is 1.46. The second-order valence-corrected chi connectivity index (χ2v) is 5.76. The van der Waals surface area contributed by atoms with Gasteiger partial charge in [0.15, 0.2) is 0 Å². The summed E-state index contributed by atoms with van der Waals surface area (Å²) >= 11 is 0. The highest BCUT2D eigenvalue weighted by Crippen LogP contribution is 2.15. The number of halogens is 3. The molecule has 0 heterocycles. The van der Waals surface area contributed by atoms with E-state index in [-0.39, 0.29) is 0 Å². The van der Waals surface area contributed by atoms with Crippen molar-refractivity contribution in [3.05, 3.63) is 35.4 Å². The number of nitrogens with two attached hydrogens (primary N) is 1. The lowest BCUT2D eigenvalue weighted by Crippen LogP contribution is -2.42. The van der Waals surface area contributed by atoms with Crippen molar-refractivity contribution in [1.82, 2.24) is 9.44 Å². The van der Waals surface area contributed by atoms with Crippen LogP contribution in [0.1, 0.15) is 24.1 Å². The molecule has 4 N–H and O–H groups in total. The minimum absolute atomic E-state index is 0.355. The Balaban J connectivity index is 2.66. The van der Waals surface area contributed by atoms with E-state index in [1.165, 1.54) is 11.6 Å². The first-order valence-electron chi connectivity index (χ1n) is 5.75. The highest BCUT2D eigenvalue weighted by atomic mass is 32.2. The van der Waals surface area contributed by atoms with Crippen molar-refractivity contribution in [2.24, 2.45) is 5.73 Å². The maximum absolute atomic E-state index is 12.0. The number of benzene rings is 1. The molecule has 0 aliphatic carbocycles. The summed E-state index contributed by atoms with van der Waals surface area (Å²) in [5, 5.41) is 0. The normalized spacial score (nSPS) is 14.2. The maximum atomic E-state index is 12.0. The molecular weight excluding hydrogens is 295 g/mol. The Kier molecular flexibility index (Phi) is 5.51. The van der Waals surface area contributed by atoms with Gasteiger partial charge in [-0.3, -0.25) is 0 Å². The predicted molar refractivity (Wildman–Crippen MR) is 68.9 cm³/mol. The molecule has 0 amide bonds. The molecule has 9 heteroatoms. The van der Waals surface area contributed by atoms with Gasteiger partial charge in [0.1, 0.15) is 6.54 Å². The second-order valence-electron chi connectivity index (χ2n) is 4.22. The van der Waals surface area contributed by atoms with E-state index in [9.17, 15) is 21.6 Å².